The Labute approximate surface area is 153 Å². The fraction of sp³-hybridized carbons (Fsp3) is 0.895. The van der Waals surface area contributed by atoms with Gasteiger partial charge in [-0.15, -0.1) is 0 Å². The number of hydrogen-bond acceptors (Lipinski definition) is 3. The predicted octanol–water partition coefficient (Wildman–Crippen LogP) is 1.68. The molecule has 6 heteroatoms. The molecule has 0 radical (unpaired) electrons. The molecule has 0 aromatic heterocycles. The number of amides is 1. The van der Waals surface area contributed by atoms with E-state index < -0.39 is 0 Å². The monoisotopic (exact) mass is 351 g/mol. The second-order valence-corrected chi connectivity index (χ2v) is 7.43. The van der Waals surface area contributed by atoms with Gasteiger partial charge in [0.25, 0.3) is 0 Å². The lowest BCUT2D eigenvalue weighted by Gasteiger charge is -2.31. The Kier molecular flexibility index (Phi) is 9.08. The molecule has 2 aliphatic heterocycles. The first-order chi connectivity index (χ1) is 12.2. The topological polar surface area (TPSA) is 60.0 Å². The fourth-order valence-corrected chi connectivity index (χ4v) is 3.69. The number of nitrogens with one attached hydrogen (secondary N) is 2. The molecule has 1 amide bonds. The number of likely N-dealkylation sites (tertiary alicyclic amines) is 2. The Morgan fingerprint density at radius 2 is 1.92 bits per heavy atom. The van der Waals surface area contributed by atoms with Crippen molar-refractivity contribution in [3.8, 4) is 0 Å². The molecule has 0 aliphatic carbocycles. The van der Waals surface area contributed by atoms with Crippen LogP contribution in [0.3, 0.4) is 0 Å². The normalized spacial score (nSPS) is 22.7. The van der Waals surface area contributed by atoms with Crippen LogP contribution in [-0.4, -0.2) is 74.0 Å². The molecule has 2 aliphatic rings. The summed E-state index contributed by atoms with van der Waals surface area (Å²) in [6.07, 6.45) is 6.94. The first-order valence-electron chi connectivity index (χ1n) is 10.2. The van der Waals surface area contributed by atoms with Crippen LogP contribution in [-0.2, 0) is 4.79 Å². The summed E-state index contributed by atoms with van der Waals surface area (Å²) in [6.45, 7) is 11.9. The molecular weight excluding hydrogens is 314 g/mol. The Balaban J connectivity index is 1.67. The van der Waals surface area contributed by atoms with Gasteiger partial charge in [-0.25, -0.2) is 0 Å². The average Bonchev–Trinajstić information content (AvgIpc) is 2.62. The lowest BCUT2D eigenvalue weighted by atomic mass is 10.00. The van der Waals surface area contributed by atoms with Crippen molar-refractivity contribution < 1.29 is 4.79 Å². The van der Waals surface area contributed by atoms with Crippen LogP contribution in [0.4, 0.5) is 0 Å². The first-order valence-corrected chi connectivity index (χ1v) is 10.2. The van der Waals surface area contributed by atoms with Gasteiger partial charge in [-0.05, 0) is 51.6 Å². The van der Waals surface area contributed by atoms with Crippen molar-refractivity contribution in [2.75, 3.05) is 52.4 Å². The molecule has 0 aromatic carbocycles. The van der Waals surface area contributed by atoms with E-state index in [-0.39, 0.29) is 5.91 Å². The third-order valence-corrected chi connectivity index (χ3v) is 5.12. The number of hydrogen-bond donors (Lipinski definition) is 2. The number of guanidine groups is 1. The summed E-state index contributed by atoms with van der Waals surface area (Å²) in [7, 11) is 0. The number of nitrogens with zero attached hydrogens (tertiary/aromatic N) is 3. The van der Waals surface area contributed by atoms with Gasteiger partial charge in [0.2, 0.25) is 5.91 Å². The van der Waals surface area contributed by atoms with Crippen molar-refractivity contribution in [2.24, 2.45) is 10.9 Å². The highest BCUT2D eigenvalue weighted by atomic mass is 16.2. The maximum atomic E-state index is 12.3. The quantitative estimate of drug-likeness (QED) is 0.541. The van der Waals surface area contributed by atoms with Crippen LogP contribution in [0.5, 0.6) is 0 Å². The van der Waals surface area contributed by atoms with E-state index in [2.05, 4.69) is 34.4 Å². The Bertz CT molecular complexity index is 420. The maximum absolute atomic E-state index is 12.3. The largest absolute Gasteiger partial charge is 0.357 e. The Morgan fingerprint density at radius 3 is 2.64 bits per heavy atom. The SMILES string of the molecule is CCNC(=NCCN1CCCCC1)NCCC(=O)N1CCCC(C)C1. The van der Waals surface area contributed by atoms with Crippen LogP contribution < -0.4 is 10.6 Å². The molecule has 2 saturated heterocycles. The van der Waals surface area contributed by atoms with E-state index in [0.717, 1.165) is 45.1 Å². The number of aliphatic imine (C=N–C) groups is 1. The van der Waals surface area contributed by atoms with Crippen molar-refractivity contribution in [2.45, 2.75) is 52.4 Å². The molecule has 2 heterocycles. The van der Waals surface area contributed by atoms with Gasteiger partial charge in [-0.1, -0.05) is 13.3 Å². The highest BCUT2D eigenvalue weighted by molar-refractivity contribution is 5.81. The van der Waals surface area contributed by atoms with Crippen molar-refractivity contribution in [3.63, 3.8) is 0 Å². The van der Waals surface area contributed by atoms with E-state index in [1.54, 1.807) is 0 Å². The average molecular weight is 352 g/mol. The van der Waals surface area contributed by atoms with Gasteiger partial charge < -0.3 is 20.4 Å². The number of carbonyl (C=O) groups excluding carboxylic acids is 1. The molecule has 2 rings (SSSR count). The van der Waals surface area contributed by atoms with E-state index in [1.807, 2.05) is 4.90 Å². The fourth-order valence-electron chi connectivity index (χ4n) is 3.69. The minimum atomic E-state index is 0.267. The maximum Gasteiger partial charge on any atom is 0.224 e. The molecule has 0 bridgehead atoms. The van der Waals surface area contributed by atoms with Gasteiger partial charge in [0.05, 0.1) is 6.54 Å². The predicted molar refractivity (Wildman–Crippen MR) is 104 cm³/mol. The van der Waals surface area contributed by atoms with E-state index >= 15 is 0 Å². The standard InChI is InChI=1S/C19H37N5O/c1-3-20-19(22-11-15-23-12-5-4-6-13-23)21-10-9-18(25)24-14-7-8-17(2)16-24/h17H,3-16H2,1-2H3,(H2,20,21,22). The van der Waals surface area contributed by atoms with Gasteiger partial charge in [-0.2, -0.15) is 0 Å². The molecule has 0 saturated carbocycles. The zero-order chi connectivity index (χ0) is 17.9. The summed E-state index contributed by atoms with van der Waals surface area (Å²) in [6, 6.07) is 0. The van der Waals surface area contributed by atoms with Gasteiger partial charge in [0.1, 0.15) is 0 Å². The molecule has 1 atom stereocenters. The van der Waals surface area contributed by atoms with Crippen molar-refractivity contribution in [3.05, 3.63) is 0 Å². The number of piperidine rings is 2. The molecule has 0 aromatic rings. The Morgan fingerprint density at radius 1 is 1.12 bits per heavy atom. The van der Waals surface area contributed by atoms with Crippen molar-refractivity contribution in [1.29, 1.82) is 0 Å². The summed E-state index contributed by atoms with van der Waals surface area (Å²) in [4.78, 5) is 21.5. The molecule has 2 N–H and O–H groups in total. The summed E-state index contributed by atoms with van der Waals surface area (Å²) in [5.74, 6) is 1.74. The number of rotatable bonds is 7. The van der Waals surface area contributed by atoms with Crippen LogP contribution in [0.1, 0.15) is 52.4 Å². The Hall–Kier alpha value is -1.30. The van der Waals surface area contributed by atoms with Gasteiger partial charge in [-0.3, -0.25) is 9.79 Å². The highest BCUT2D eigenvalue weighted by Gasteiger charge is 2.20. The summed E-state index contributed by atoms with van der Waals surface area (Å²) in [5, 5.41) is 6.59. The minimum absolute atomic E-state index is 0.267. The van der Waals surface area contributed by atoms with Crippen LogP contribution in [0, 0.1) is 5.92 Å². The van der Waals surface area contributed by atoms with Crippen molar-refractivity contribution in [1.82, 2.24) is 20.4 Å². The van der Waals surface area contributed by atoms with Gasteiger partial charge in [0.15, 0.2) is 5.96 Å². The van der Waals surface area contributed by atoms with Crippen LogP contribution in [0.25, 0.3) is 0 Å². The van der Waals surface area contributed by atoms with Crippen LogP contribution >= 0.6 is 0 Å². The van der Waals surface area contributed by atoms with E-state index in [0.29, 0.717) is 18.9 Å². The zero-order valence-corrected chi connectivity index (χ0v) is 16.2. The molecular formula is C19H37N5O. The molecule has 2 fully saturated rings. The van der Waals surface area contributed by atoms with E-state index in [9.17, 15) is 4.79 Å². The second kappa shape index (κ2) is 11.3. The van der Waals surface area contributed by atoms with Crippen LogP contribution in [0.15, 0.2) is 4.99 Å². The van der Waals surface area contributed by atoms with Gasteiger partial charge in [0, 0.05) is 39.1 Å². The third kappa shape index (κ3) is 7.63. The zero-order valence-electron chi connectivity index (χ0n) is 16.2. The van der Waals surface area contributed by atoms with E-state index in [4.69, 9.17) is 0 Å². The second-order valence-electron chi connectivity index (χ2n) is 7.43. The lowest BCUT2D eigenvalue weighted by molar-refractivity contribution is -0.132. The first kappa shape index (κ1) is 20.0. The minimum Gasteiger partial charge on any atom is -0.357 e. The summed E-state index contributed by atoms with van der Waals surface area (Å²) in [5.41, 5.74) is 0. The molecule has 0 spiro atoms. The van der Waals surface area contributed by atoms with Crippen molar-refractivity contribution >= 4 is 11.9 Å². The molecule has 144 valence electrons. The summed E-state index contributed by atoms with van der Waals surface area (Å²) < 4.78 is 0. The lowest BCUT2D eigenvalue weighted by Crippen LogP contribution is -2.42. The van der Waals surface area contributed by atoms with Crippen LogP contribution in [0.2, 0.25) is 0 Å². The van der Waals surface area contributed by atoms with Gasteiger partial charge >= 0.3 is 0 Å². The van der Waals surface area contributed by atoms with E-state index in [1.165, 1.54) is 38.8 Å². The number of carbonyl (C=O) groups is 1. The smallest absolute Gasteiger partial charge is 0.224 e. The summed E-state index contributed by atoms with van der Waals surface area (Å²) >= 11 is 0. The molecule has 1 unspecified atom stereocenters. The highest BCUT2D eigenvalue weighted by Crippen LogP contribution is 2.15. The molecule has 25 heavy (non-hydrogen) atoms. The third-order valence-electron chi connectivity index (χ3n) is 5.12. The molecule has 6 nitrogen and oxygen atoms in total.